The molecule has 0 fully saturated rings. The van der Waals surface area contributed by atoms with Crippen molar-refractivity contribution in [1.29, 1.82) is 0 Å². The molecule has 0 aliphatic rings. The molecule has 0 saturated carbocycles. The van der Waals surface area contributed by atoms with Gasteiger partial charge in [-0.3, -0.25) is 0 Å². The van der Waals surface area contributed by atoms with Gasteiger partial charge in [0.1, 0.15) is 0 Å². The Hall–Kier alpha value is -7.17. The Balaban J connectivity index is 1.02. The van der Waals surface area contributed by atoms with Crippen LogP contribution >= 0.6 is 0 Å². The highest BCUT2D eigenvalue weighted by atomic mass is 15.0. The second-order valence-electron chi connectivity index (χ2n) is 13.3. The molecule has 0 atom stereocenters. The van der Waals surface area contributed by atoms with E-state index in [9.17, 15) is 0 Å². The summed E-state index contributed by atoms with van der Waals surface area (Å²) in [5, 5.41) is 4.97. The van der Waals surface area contributed by atoms with Crippen molar-refractivity contribution in [3.8, 4) is 62.1 Å². The zero-order valence-corrected chi connectivity index (χ0v) is 28.8. The summed E-state index contributed by atoms with van der Waals surface area (Å²) in [6, 6.07) is 68.1. The van der Waals surface area contributed by atoms with Crippen molar-refractivity contribution in [2.45, 2.75) is 0 Å². The summed E-state index contributed by atoms with van der Waals surface area (Å²) in [5.41, 5.74) is 10.9. The Morgan fingerprint density at radius 2 is 0.774 bits per heavy atom. The summed E-state index contributed by atoms with van der Waals surface area (Å²) >= 11 is 0. The second-order valence-corrected chi connectivity index (χ2v) is 13.3. The molecule has 0 N–H and O–H groups in total. The molecule has 2 heterocycles. The minimum absolute atomic E-state index is 0.635. The van der Waals surface area contributed by atoms with E-state index >= 15 is 0 Å². The highest BCUT2D eigenvalue weighted by Crippen LogP contribution is 2.34. The third-order valence-electron chi connectivity index (χ3n) is 10.1. The highest BCUT2D eigenvalue weighted by Gasteiger charge is 2.15. The fourth-order valence-electron chi connectivity index (χ4n) is 7.47. The topological polar surface area (TPSA) is 43.6 Å². The average molecular weight is 677 g/mol. The molecule has 53 heavy (non-hydrogen) atoms. The Morgan fingerprint density at radius 1 is 0.302 bits per heavy atom. The lowest BCUT2D eigenvalue weighted by Crippen LogP contribution is -2.00. The summed E-state index contributed by atoms with van der Waals surface area (Å²) in [7, 11) is 0. The molecule has 4 heteroatoms. The summed E-state index contributed by atoms with van der Waals surface area (Å²) in [6.45, 7) is 0. The van der Waals surface area contributed by atoms with Gasteiger partial charge < -0.3 is 4.57 Å². The standard InChI is InChI=1S/C49H32N4/c1-2-13-36(14-3-1)47-50-48(37-26-24-35(25-27-37)42-21-11-15-34-12-4-5-18-41(34)42)52-49(51-47)39-17-10-16-38(32-39)33-28-30-40(31-29-33)53-45-22-8-6-19-43(45)44-20-7-9-23-46(44)53/h1-32H. The van der Waals surface area contributed by atoms with Gasteiger partial charge in [0.25, 0.3) is 0 Å². The predicted octanol–water partition coefficient (Wildman–Crippen LogP) is 12.5. The maximum absolute atomic E-state index is 5.07. The quantitative estimate of drug-likeness (QED) is 0.176. The zero-order chi connectivity index (χ0) is 35.1. The normalized spacial score (nSPS) is 11.4. The number of hydrogen-bond donors (Lipinski definition) is 0. The monoisotopic (exact) mass is 676 g/mol. The van der Waals surface area contributed by atoms with Crippen molar-refractivity contribution in [1.82, 2.24) is 19.5 Å². The first-order chi connectivity index (χ1) is 26.3. The minimum atomic E-state index is 0.635. The molecule has 248 valence electrons. The molecular formula is C49H32N4. The van der Waals surface area contributed by atoms with E-state index in [-0.39, 0.29) is 0 Å². The SMILES string of the molecule is c1ccc(-c2nc(-c3ccc(-c4cccc5ccccc45)cc3)nc(-c3cccc(-c4ccc(-n5c6ccccc6c6ccccc65)cc4)c3)n2)cc1. The smallest absolute Gasteiger partial charge is 0.164 e. The molecule has 0 bridgehead atoms. The molecule has 0 unspecified atom stereocenters. The first kappa shape index (κ1) is 30.6. The van der Waals surface area contributed by atoms with Crippen LogP contribution in [0.2, 0.25) is 0 Å². The lowest BCUT2D eigenvalue weighted by Gasteiger charge is -2.11. The third kappa shape index (κ3) is 5.54. The lowest BCUT2D eigenvalue weighted by molar-refractivity contribution is 1.07. The van der Waals surface area contributed by atoms with Gasteiger partial charge in [0.2, 0.25) is 0 Å². The largest absolute Gasteiger partial charge is 0.309 e. The zero-order valence-electron chi connectivity index (χ0n) is 28.8. The van der Waals surface area contributed by atoms with Gasteiger partial charge >= 0.3 is 0 Å². The van der Waals surface area contributed by atoms with Crippen LogP contribution in [0.1, 0.15) is 0 Å². The van der Waals surface area contributed by atoms with Gasteiger partial charge in [0.15, 0.2) is 17.5 Å². The van der Waals surface area contributed by atoms with E-state index in [1.807, 2.05) is 30.3 Å². The van der Waals surface area contributed by atoms with Crippen molar-refractivity contribution in [2.75, 3.05) is 0 Å². The molecule has 0 spiro atoms. The number of hydrogen-bond acceptors (Lipinski definition) is 3. The van der Waals surface area contributed by atoms with E-state index in [1.165, 1.54) is 38.1 Å². The van der Waals surface area contributed by atoms with Gasteiger partial charge in [-0.1, -0.05) is 164 Å². The Bertz CT molecular complexity index is 2870. The van der Waals surface area contributed by atoms with E-state index in [0.29, 0.717) is 17.5 Å². The molecule has 8 aromatic carbocycles. The summed E-state index contributed by atoms with van der Waals surface area (Å²) in [6.07, 6.45) is 0. The highest BCUT2D eigenvalue weighted by molar-refractivity contribution is 6.09. The van der Waals surface area contributed by atoms with Crippen LogP contribution in [0.3, 0.4) is 0 Å². The van der Waals surface area contributed by atoms with Crippen LogP contribution in [-0.2, 0) is 0 Å². The first-order valence-electron chi connectivity index (χ1n) is 17.9. The van der Waals surface area contributed by atoms with Crippen LogP contribution < -0.4 is 0 Å². The number of benzene rings is 8. The number of nitrogens with zero attached hydrogens (tertiary/aromatic N) is 4. The molecule has 10 rings (SSSR count). The van der Waals surface area contributed by atoms with Gasteiger partial charge in [0, 0.05) is 33.2 Å². The molecule has 0 aliphatic heterocycles. The van der Waals surface area contributed by atoms with Crippen LogP contribution in [0.5, 0.6) is 0 Å². The Kier molecular flexibility index (Phi) is 7.43. The third-order valence-corrected chi connectivity index (χ3v) is 10.1. The summed E-state index contributed by atoms with van der Waals surface area (Å²) < 4.78 is 2.34. The van der Waals surface area contributed by atoms with Crippen LogP contribution in [0, 0.1) is 0 Å². The van der Waals surface area contributed by atoms with E-state index in [2.05, 4.69) is 168 Å². The Morgan fingerprint density at radius 3 is 1.47 bits per heavy atom. The minimum Gasteiger partial charge on any atom is -0.309 e. The lowest BCUT2D eigenvalue weighted by atomic mass is 9.97. The maximum Gasteiger partial charge on any atom is 0.164 e. The van der Waals surface area contributed by atoms with Crippen LogP contribution in [0.15, 0.2) is 194 Å². The number of aromatic nitrogens is 4. The first-order valence-corrected chi connectivity index (χ1v) is 17.9. The van der Waals surface area contributed by atoms with Gasteiger partial charge in [-0.15, -0.1) is 0 Å². The van der Waals surface area contributed by atoms with Gasteiger partial charge in [0.05, 0.1) is 11.0 Å². The van der Waals surface area contributed by atoms with E-state index in [1.54, 1.807) is 0 Å². The molecule has 4 nitrogen and oxygen atoms in total. The second kappa shape index (κ2) is 12.9. The number of rotatable bonds is 6. The molecule has 0 saturated heterocycles. The van der Waals surface area contributed by atoms with Crippen molar-refractivity contribution in [3.05, 3.63) is 194 Å². The number of fused-ring (bicyclic) bond motifs is 4. The number of para-hydroxylation sites is 2. The van der Waals surface area contributed by atoms with Gasteiger partial charge in [-0.05, 0) is 63.4 Å². The van der Waals surface area contributed by atoms with Gasteiger partial charge in [-0.25, -0.2) is 15.0 Å². The average Bonchev–Trinajstić information content (AvgIpc) is 3.58. The van der Waals surface area contributed by atoms with E-state index < -0.39 is 0 Å². The van der Waals surface area contributed by atoms with Crippen molar-refractivity contribution >= 4 is 32.6 Å². The van der Waals surface area contributed by atoms with Gasteiger partial charge in [-0.2, -0.15) is 0 Å². The molecule has 0 amide bonds. The Labute approximate surface area is 307 Å². The van der Waals surface area contributed by atoms with Crippen molar-refractivity contribution in [2.24, 2.45) is 0 Å². The molecule has 2 aromatic heterocycles. The van der Waals surface area contributed by atoms with Crippen LogP contribution in [-0.4, -0.2) is 19.5 Å². The maximum atomic E-state index is 5.07. The van der Waals surface area contributed by atoms with Crippen LogP contribution in [0.4, 0.5) is 0 Å². The predicted molar refractivity (Wildman–Crippen MR) is 219 cm³/mol. The van der Waals surface area contributed by atoms with Crippen LogP contribution in [0.25, 0.3) is 94.7 Å². The van der Waals surface area contributed by atoms with Crippen molar-refractivity contribution < 1.29 is 0 Å². The summed E-state index contributed by atoms with van der Waals surface area (Å²) in [5.74, 6) is 1.92. The van der Waals surface area contributed by atoms with Crippen molar-refractivity contribution in [3.63, 3.8) is 0 Å². The fourth-order valence-corrected chi connectivity index (χ4v) is 7.47. The molecule has 0 radical (unpaired) electrons. The molecule has 10 aromatic rings. The molecular weight excluding hydrogens is 645 g/mol. The fraction of sp³-hybridized carbons (Fsp3) is 0. The summed E-state index contributed by atoms with van der Waals surface area (Å²) in [4.78, 5) is 15.1. The molecule has 0 aliphatic carbocycles. The van der Waals surface area contributed by atoms with E-state index in [0.717, 1.165) is 39.1 Å². The van der Waals surface area contributed by atoms with E-state index in [4.69, 9.17) is 15.0 Å².